The first-order valence-corrected chi connectivity index (χ1v) is 20.0. The van der Waals surface area contributed by atoms with Crippen molar-refractivity contribution < 1.29 is 42.8 Å². The summed E-state index contributed by atoms with van der Waals surface area (Å²) in [6.45, 7) is 4.63. The van der Waals surface area contributed by atoms with Crippen LogP contribution in [0.2, 0.25) is 0 Å². The third-order valence-corrected chi connectivity index (χ3v) is 10.6. The van der Waals surface area contributed by atoms with Gasteiger partial charge < -0.3 is 34.2 Å². The molecule has 15 heteroatoms. The first-order valence-electron chi connectivity index (χ1n) is 20.0. The van der Waals surface area contributed by atoms with Crippen LogP contribution < -0.4 is 9.80 Å². The number of carbonyl (C=O) groups is 2. The zero-order valence-electron chi connectivity index (χ0n) is 34.7. The molecule has 0 amide bonds. The summed E-state index contributed by atoms with van der Waals surface area (Å²) in [5.74, 6) is 0.186. The zero-order chi connectivity index (χ0) is 43.5. The number of carbonyl (C=O) groups excluding carboxylic acids is 1. The Morgan fingerprint density at radius 2 is 1.05 bits per heavy atom. The van der Waals surface area contributed by atoms with E-state index in [1.54, 1.807) is 68.8 Å². The molecule has 2 atom stereocenters. The minimum atomic E-state index is -1.00. The summed E-state index contributed by atoms with van der Waals surface area (Å²) in [4.78, 5) is 47.0. The van der Waals surface area contributed by atoms with Crippen LogP contribution in [0.15, 0.2) is 84.9 Å². The van der Waals surface area contributed by atoms with Gasteiger partial charge in [0.1, 0.15) is 23.0 Å². The van der Waals surface area contributed by atoms with Crippen LogP contribution in [0.4, 0.5) is 20.4 Å². The second-order valence-corrected chi connectivity index (χ2v) is 14.8. The highest BCUT2D eigenvalue weighted by Crippen LogP contribution is 2.35. The molecule has 0 radical (unpaired) electrons. The Hall–Kier alpha value is -6.16. The molecule has 4 aromatic carbocycles. The van der Waals surface area contributed by atoms with E-state index in [-0.39, 0.29) is 24.6 Å². The molecule has 2 saturated heterocycles. The number of hydrogen-bond donors (Lipinski definition) is 2. The molecule has 0 aliphatic carbocycles. The maximum Gasteiger partial charge on any atom is 0.337 e. The van der Waals surface area contributed by atoms with Crippen molar-refractivity contribution in [1.82, 2.24) is 19.9 Å². The van der Waals surface area contributed by atoms with Crippen molar-refractivity contribution in [2.45, 2.75) is 33.1 Å². The fourth-order valence-corrected chi connectivity index (χ4v) is 7.77. The first-order chi connectivity index (χ1) is 29.6. The molecule has 6 aromatic rings. The number of carboxylic acids is 1. The molecule has 2 aliphatic heterocycles. The number of fused-ring (bicyclic) bond motifs is 2. The summed E-state index contributed by atoms with van der Waals surface area (Å²) in [6, 6.07) is 22.3. The summed E-state index contributed by atoms with van der Waals surface area (Å²) in [5, 5.41) is 16.3. The fourth-order valence-electron chi connectivity index (χ4n) is 7.77. The summed E-state index contributed by atoms with van der Waals surface area (Å²) < 4.78 is 42.5. The Morgan fingerprint density at radius 1 is 0.629 bits per heavy atom. The molecule has 0 bridgehead atoms. The molecular formula is C47H54F2N6O7. The standard InChI is InChI=1S/C23H24FN3O3.C22H22FN3O3.CH4O.CH4/c1-29-14-15-4-3-11-27(13-15)22-21(16-5-8-18(24)9-6-16)25-19-10-7-17(23(28)30-2)12-20(19)26-22;1-29-13-14-3-2-10-26(12-14)21-20(15-4-7-17(23)8-5-15)24-18-9-6-16(22(27)28)11-19(18)25-21;1-2;/h5-10,12,15H,3-4,11,13-14H2,1-2H3;4-9,11,14H,2-3,10,12-13H2,1H3,(H,27,28);2H,1H3;1H4. The molecule has 2 aromatic heterocycles. The Kier molecular flexibility index (Phi) is 16.7. The largest absolute Gasteiger partial charge is 0.478 e. The number of aliphatic hydroxyl groups excluding tert-OH is 1. The lowest BCUT2D eigenvalue weighted by Gasteiger charge is -2.34. The van der Waals surface area contributed by atoms with Gasteiger partial charge in [-0.1, -0.05) is 7.43 Å². The molecule has 2 fully saturated rings. The average Bonchev–Trinajstić information content (AvgIpc) is 3.29. The van der Waals surface area contributed by atoms with E-state index < -0.39 is 11.9 Å². The van der Waals surface area contributed by atoms with Crippen molar-refractivity contribution in [2.24, 2.45) is 11.8 Å². The summed E-state index contributed by atoms with van der Waals surface area (Å²) in [5.41, 5.74) is 5.94. The molecule has 8 rings (SSSR count). The van der Waals surface area contributed by atoms with E-state index in [0.29, 0.717) is 69.9 Å². The van der Waals surface area contributed by atoms with Gasteiger partial charge in [-0.15, -0.1) is 0 Å². The van der Waals surface area contributed by atoms with Crippen LogP contribution >= 0.6 is 0 Å². The smallest absolute Gasteiger partial charge is 0.337 e. The second-order valence-electron chi connectivity index (χ2n) is 14.8. The molecule has 0 spiro atoms. The normalized spacial score (nSPS) is 16.0. The van der Waals surface area contributed by atoms with Gasteiger partial charge >= 0.3 is 11.9 Å². The fraction of sp³-hybridized carbons (Fsp3) is 0.362. The van der Waals surface area contributed by atoms with Gasteiger partial charge in [0.05, 0.1) is 53.5 Å². The van der Waals surface area contributed by atoms with Gasteiger partial charge in [-0.05, 0) is 122 Å². The SMILES string of the molecule is C.CO.COCC1CCCN(c2nc3cc(C(=O)O)ccc3nc2-c2ccc(F)cc2)C1.COCC1CCCN(c2nc3cc(C(=O)OC)ccc3nc2-c2ccc(F)cc2)C1. The summed E-state index contributed by atoms with van der Waals surface area (Å²) >= 11 is 0. The first kappa shape index (κ1) is 46.9. The maximum atomic E-state index is 13.5. The number of esters is 1. The predicted octanol–water partition coefficient (Wildman–Crippen LogP) is 8.33. The maximum absolute atomic E-state index is 13.5. The zero-order valence-corrected chi connectivity index (χ0v) is 34.7. The Morgan fingerprint density at radius 3 is 1.45 bits per heavy atom. The van der Waals surface area contributed by atoms with E-state index in [4.69, 9.17) is 39.3 Å². The minimum Gasteiger partial charge on any atom is -0.478 e. The van der Waals surface area contributed by atoms with E-state index in [0.717, 1.165) is 75.9 Å². The lowest BCUT2D eigenvalue weighted by molar-refractivity contribution is 0.0600. The molecule has 62 heavy (non-hydrogen) atoms. The van der Waals surface area contributed by atoms with Gasteiger partial charge in [-0.2, -0.15) is 0 Å². The summed E-state index contributed by atoms with van der Waals surface area (Å²) in [7, 11) is 5.77. The number of rotatable bonds is 10. The molecule has 0 saturated carbocycles. The van der Waals surface area contributed by atoms with Crippen LogP contribution in [0.1, 0.15) is 53.8 Å². The van der Waals surface area contributed by atoms with Gasteiger partial charge in [0.25, 0.3) is 0 Å². The van der Waals surface area contributed by atoms with Gasteiger partial charge in [-0.25, -0.2) is 38.3 Å². The van der Waals surface area contributed by atoms with Crippen LogP contribution in [0.3, 0.4) is 0 Å². The molecule has 2 unspecified atom stereocenters. The Bertz CT molecular complexity index is 2430. The monoisotopic (exact) mass is 852 g/mol. The second kappa shape index (κ2) is 22.1. The van der Waals surface area contributed by atoms with Gasteiger partial charge in [0.2, 0.25) is 0 Å². The number of aromatic nitrogens is 4. The summed E-state index contributed by atoms with van der Waals surface area (Å²) in [6.07, 6.45) is 4.22. The van der Waals surface area contributed by atoms with Crippen LogP contribution in [-0.4, -0.2) is 110 Å². The third kappa shape index (κ3) is 11.2. The highest BCUT2D eigenvalue weighted by Gasteiger charge is 2.27. The van der Waals surface area contributed by atoms with Crippen molar-refractivity contribution in [3.63, 3.8) is 0 Å². The highest BCUT2D eigenvalue weighted by atomic mass is 19.1. The Balaban J connectivity index is 0.000000222. The van der Waals surface area contributed by atoms with Crippen molar-refractivity contribution in [2.75, 3.05) is 77.6 Å². The number of nitrogens with zero attached hydrogens (tertiary/aromatic N) is 6. The van der Waals surface area contributed by atoms with Crippen LogP contribution in [0.5, 0.6) is 0 Å². The Labute approximate surface area is 360 Å². The molecular weight excluding hydrogens is 799 g/mol. The van der Waals surface area contributed by atoms with E-state index in [1.165, 1.54) is 37.4 Å². The molecule has 328 valence electrons. The molecule has 13 nitrogen and oxygen atoms in total. The van der Waals surface area contributed by atoms with Crippen LogP contribution in [0.25, 0.3) is 44.6 Å². The van der Waals surface area contributed by atoms with Crippen molar-refractivity contribution in [3.8, 4) is 22.5 Å². The predicted molar refractivity (Wildman–Crippen MR) is 237 cm³/mol. The number of ether oxygens (including phenoxy) is 3. The van der Waals surface area contributed by atoms with Crippen molar-refractivity contribution in [3.05, 3.63) is 108 Å². The third-order valence-electron chi connectivity index (χ3n) is 10.6. The number of carboxylic acid groups (broad SMARTS) is 1. The van der Waals surface area contributed by atoms with E-state index in [9.17, 15) is 23.5 Å². The van der Waals surface area contributed by atoms with E-state index in [1.807, 2.05) is 0 Å². The number of anilines is 2. The molecule has 4 heterocycles. The quantitative estimate of drug-likeness (QED) is 0.127. The lowest BCUT2D eigenvalue weighted by Crippen LogP contribution is -2.38. The number of aliphatic hydroxyl groups is 1. The van der Waals surface area contributed by atoms with Crippen LogP contribution in [0, 0.1) is 23.5 Å². The van der Waals surface area contributed by atoms with Gasteiger partial charge in [0, 0.05) is 58.6 Å². The number of halogens is 2. The molecule has 2 aliphatic rings. The highest BCUT2D eigenvalue weighted by molar-refractivity contribution is 5.95. The number of methoxy groups -OCH3 is 3. The lowest BCUT2D eigenvalue weighted by atomic mass is 9.98. The van der Waals surface area contributed by atoms with E-state index in [2.05, 4.69) is 9.80 Å². The number of piperidine rings is 2. The number of hydrogen-bond acceptors (Lipinski definition) is 12. The molecule has 2 N–H and O–H groups in total. The number of benzene rings is 4. The topological polar surface area (TPSA) is 160 Å². The van der Waals surface area contributed by atoms with Crippen LogP contribution in [-0.2, 0) is 14.2 Å². The van der Waals surface area contributed by atoms with Gasteiger partial charge in [-0.3, -0.25) is 0 Å². The van der Waals surface area contributed by atoms with Crippen molar-refractivity contribution in [1.29, 1.82) is 0 Å². The van der Waals surface area contributed by atoms with Crippen molar-refractivity contribution >= 4 is 45.6 Å². The van der Waals surface area contributed by atoms with Gasteiger partial charge in [0.15, 0.2) is 11.6 Å². The minimum absolute atomic E-state index is 0. The average molecular weight is 853 g/mol. The number of aromatic carboxylic acids is 1. The van der Waals surface area contributed by atoms with E-state index >= 15 is 0 Å².